The molecular formula is C16H23FN2. The molecule has 2 nitrogen and oxygen atoms in total. The summed E-state index contributed by atoms with van der Waals surface area (Å²) < 4.78 is 14.3. The molecule has 0 aromatic heterocycles. The summed E-state index contributed by atoms with van der Waals surface area (Å²) >= 11 is 0. The van der Waals surface area contributed by atoms with Crippen molar-refractivity contribution in [1.82, 2.24) is 0 Å². The van der Waals surface area contributed by atoms with E-state index in [0.29, 0.717) is 6.04 Å². The van der Waals surface area contributed by atoms with Crippen molar-refractivity contribution in [1.29, 1.82) is 0 Å². The minimum Gasteiger partial charge on any atom is -0.366 e. The molecule has 0 bridgehead atoms. The molecule has 1 atom stereocenters. The van der Waals surface area contributed by atoms with Crippen molar-refractivity contribution in [2.45, 2.75) is 51.1 Å². The van der Waals surface area contributed by atoms with Crippen molar-refractivity contribution in [3.63, 3.8) is 0 Å². The van der Waals surface area contributed by atoms with Crippen molar-refractivity contribution in [3.05, 3.63) is 29.6 Å². The molecule has 0 heterocycles. The van der Waals surface area contributed by atoms with Gasteiger partial charge in [0, 0.05) is 18.6 Å². The third-order valence-electron chi connectivity index (χ3n) is 4.02. The van der Waals surface area contributed by atoms with Crippen molar-refractivity contribution in [2.75, 3.05) is 11.4 Å². The first kappa shape index (κ1) is 12.9. The van der Waals surface area contributed by atoms with Gasteiger partial charge in [-0.3, -0.25) is 0 Å². The SMILES string of the molecule is CC(N)Cc1ccc(N(CC2CC2)C2CC2)c(F)c1. The van der Waals surface area contributed by atoms with Gasteiger partial charge in [-0.1, -0.05) is 6.07 Å². The van der Waals surface area contributed by atoms with Crippen LogP contribution in [0.25, 0.3) is 0 Å². The Labute approximate surface area is 114 Å². The molecule has 2 aliphatic carbocycles. The maximum Gasteiger partial charge on any atom is 0.146 e. The second-order valence-corrected chi connectivity index (χ2v) is 6.29. The highest BCUT2D eigenvalue weighted by Crippen LogP contribution is 2.38. The Morgan fingerprint density at radius 1 is 1.32 bits per heavy atom. The highest BCUT2D eigenvalue weighted by atomic mass is 19.1. The van der Waals surface area contributed by atoms with Crippen LogP contribution in [0.4, 0.5) is 10.1 Å². The summed E-state index contributed by atoms with van der Waals surface area (Å²) in [7, 11) is 0. The Kier molecular flexibility index (Phi) is 3.48. The first-order chi connectivity index (χ1) is 9.13. The number of anilines is 1. The minimum atomic E-state index is -0.0781. The molecule has 1 aromatic carbocycles. The van der Waals surface area contributed by atoms with Crippen LogP contribution in [-0.4, -0.2) is 18.6 Å². The van der Waals surface area contributed by atoms with Crippen molar-refractivity contribution in [3.8, 4) is 0 Å². The van der Waals surface area contributed by atoms with Crippen LogP contribution in [-0.2, 0) is 6.42 Å². The summed E-state index contributed by atoms with van der Waals surface area (Å²) in [5.74, 6) is 0.717. The fraction of sp³-hybridized carbons (Fsp3) is 0.625. The Morgan fingerprint density at radius 3 is 2.58 bits per heavy atom. The maximum atomic E-state index is 14.3. The quantitative estimate of drug-likeness (QED) is 0.853. The zero-order chi connectivity index (χ0) is 13.4. The molecule has 3 heteroatoms. The zero-order valence-corrected chi connectivity index (χ0v) is 11.6. The number of hydrogen-bond acceptors (Lipinski definition) is 2. The van der Waals surface area contributed by atoms with Gasteiger partial charge in [0.05, 0.1) is 5.69 Å². The van der Waals surface area contributed by atoms with E-state index < -0.39 is 0 Å². The number of benzene rings is 1. The standard InChI is InChI=1S/C16H23FN2/c1-11(18)8-13-4-7-16(15(17)9-13)19(14-5-6-14)10-12-2-3-12/h4,7,9,11-12,14H,2-3,5-6,8,10,18H2,1H3. The normalized spacial score (nSPS) is 20.4. The number of rotatable bonds is 6. The summed E-state index contributed by atoms with van der Waals surface area (Å²) in [5, 5.41) is 0. The van der Waals surface area contributed by atoms with Gasteiger partial charge in [-0.15, -0.1) is 0 Å². The lowest BCUT2D eigenvalue weighted by molar-refractivity contribution is 0.605. The van der Waals surface area contributed by atoms with Crippen LogP contribution in [0.3, 0.4) is 0 Å². The molecule has 0 spiro atoms. The lowest BCUT2D eigenvalue weighted by Crippen LogP contribution is -2.29. The predicted molar refractivity (Wildman–Crippen MR) is 76.8 cm³/mol. The molecule has 3 rings (SSSR count). The Balaban J connectivity index is 1.77. The lowest BCUT2D eigenvalue weighted by Gasteiger charge is -2.25. The van der Waals surface area contributed by atoms with Crippen LogP contribution in [0.5, 0.6) is 0 Å². The molecule has 2 saturated carbocycles. The summed E-state index contributed by atoms with van der Waals surface area (Å²) in [6, 6.07) is 6.31. The van der Waals surface area contributed by atoms with Crippen LogP contribution in [0.1, 0.15) is 38.2 Å². The summed E-state index contributed by atoms with van der Waals surface area (Å²) in [4.78, 5) is 2.29. The summed E-state index contributed by atoms with van der Waals surface area (Å²) in [5.41, 5.74) is 7.56. The van der Waals surface area contributed by atoms with Gasteiger partial charge >= 0.3 is 0 Å². The molecule has 2 N–H and O–H groups in total. The van der Waals surface area contributed by atoms with E-state index in [0.717, 1.165) is 30.1 Å². The van der Waals surface area contributed by atoms with Crippen molar-refractivity contribution < 1.29 is 4.39 Å². The lowest BCUT2D eigenvalue weighted by atomic mass is 10.1. The average molecular weight is 262 g/mol. The van der Waals surface area contributed by atoms with Gasteiger partial charge < -0.3 is 10.6 Å². The first-order valence-corrected chi connectivity index (χ1v) is 7.44. The fourth-order valence-corrected chi connectivity index (χ4v) is 2.69. The van der Waals surface area contributed by atoms with E-state index in [1.54, 1.807) is 6.07 Å². The second kappa shape index (κ2) is 5.12. The van der Waals surface area contributed by atoms with Gasteiger partial charge in [0.15, 0.2) is 0 Å². The van der Waals surface area contributed by atoms with E-state index in [1.807, 2.05) is 19.1 Å². The van der Waals surface area contributed by atoms with Crippen LogP contribution in [0.15, 0.2) is 18.2 Å². The average Bonchev–Trinajstić information content (AvgIpc) is 3.21. The molecule has 104 valence electrons. The molecule has 0 saturated heterocycles. The largest absolute Gasteiger partial charge is 0.366 e. The van der Waals surface area contributed by atoms with E-state index in [2.05, 4.69) is 4.90 Å². The smallest absolute Gasteiger partial charge is 0.146 e. The second-order valence-electron chi connectivity index (χ2n) is 6.29. The van der Waals surface area contributed by atoms with Gasteiger partial charge in [-0.05, 0) is 62.6 Å². The predicted octanol–water partition coefficient (Wildman–Crippen LogP) is 3.09. The van der Waals surface area contributed by atoms with E-state index in [1.165, 1.54) is 25.7 Å². The Morgan fingerprint density at radius 2 is 2.05 bits per heavy atom. The highest BCUT2D eigenvalue weighted by Gasteiger charge is 2.34. The number of nitrogens with zero attached hydrogens (tertiary/aromatic N) is 1. The third-order valence-corrected chi connectivity index (χ3v) is 4.02. The highest BCUT2D eigenvalue weighted by molar-refractivity contribution is 5.51. The van der Waals surface area contributed by atoms with E-state index in [-0.39, 0.29) is 11.9 Å². The Bertz CT molecular complexity index is 450. The molecule has 2 fully saturated rings. The third kappa shape index (κ3) is 3.27. The monoisotopic (exact) mass is 262 g/mol. The summed E-state index contributed by atoms with van der Waals surface area (Å²) in [6.07, 6.45) is 5.80. The van der Waals surface area contributed by atoms with Crippen LogP contribution < -0.4 is 10.6 Å². The van der Waals surface area contributed by atoms with E-state index in [9.17, 15) is 4.39 Å². The van der Waals surface area contributed by atoms with Gasteiger partial charge in [-0.2, -0.15) is 0 Å². The minimum absolute atomic E-state index is 0.0781. The molecule has 1 aromatic rings. The first-order valence-electron chi connectivity index (χ1n) is 7.44. The van der Waals surface area contributed by atoms with Crippen LogP contribution in [0.2, 0.25) is 0 Å². The number of hydrogen-bond donors (Lipinski definition) is 1. The van der Waals surface area contributed by atoms with E-state index in [4.69, 9.17) is 5.73 Å². The summed E-state index contributed by atoms with van der Waals surface area (Å²) in [6.45, 7) is 2.99. The van der Waals surface area contributed by atoms with Crippen LogP contribution >= 0.6 is 0 Å². The van der Waals surface area contributed by atoms with Crippen molar-refractivity contribution >= 4 is 5.69 Å². The maximum absolute atomic E-state index is 14.3. The van der Waals surface area contributed by atoms with Gasteiger partial charge in [-0.25, -0.2) is 4.39 Å². The number of nitrogens with two attached hydrogens (primary N) is 1. The fourth-order valence-electron chi connectivity index (χ4n) is 2.69. The molecule has 0 amide bonds. The van der Waals surface area contributed by atoms with Crippen LogP contribution in [0, 0.1) is 11.7 Å². The molecule has 0 radical (unpaired) electrons. The molecule has 1 unspecified atom stereocenters. The Hall–Kier alpha value is -1.09. The van der Waals surface area contributed by atoms with E-state index >= 15 is 0 Å². The zero-order valence-electron chi connectivity index (χ0n) is 11.6. The van der Waals surface area contributed by atoms with Crippen molar-refractivity contribution in [2.24, 2.45) is 11.7 Å². The molecule has 0 aliphatic heterocycles. The molecule has 19 heavy (non-hydrogen) atoms. The van der Waals surface area contributed by atoms with Gasteiger partial charge in [0.25, 0.3) is 0 Å². The van der Waals surface area contributed by atoms with Gasteiger partial charge in [0.2, 0.25) is 0 Å². The topological polar surface area (TPSA) is 29.3 Å². The molecular weight excluding hydrogens is 239 g/mol. The number of halogens is 1. The molecule has 2 aliphatic rings. The van der Waals surface area contributed by atoms with Gasteiger partial charge in [0.1, 0.15) is 5.82 Å².